The summed E-state index contributed by atoms with van der Waals surface area (Å²) in [5, 5.41) is 7.52. The summed E-state index contributed by atoms with van der Waals surface area (Å²) in [5.41, 5.74) is 2.95. The highest BCUT2D eigenvalue weighted by atomic mass is 19.1. The number of hydrogen-bond acceptors (Lipinski definition) is 5. The second-order valence-corrected chi connectivity index (χ2v) is 9.37. The Morgan fingerprint density at radius 3 is 2.55 bits per heavy atom. The number of urea groups is 1. The number of anilines is 1. The minimum Gasteiger partial charge on any atom is -0.383 e. The van der Waals surface area contributed by atoms with E-state index in [4.69, 9.17) is 4.74 Å². The summed E-state index contributed by atoms with van der Waals surface area (Å²) in [4.78, 5) is 32.2. The van der Waals surface area contributed by atoms with E-state index in [1.54, 1.807) is 13.2 Å². The molecule has 0 spiro atoms. The van der Waals surface area contributed by atoms with E-state index >= 15 is 0 Å². The number of nitrogens with zero attached hydrogens (tertiary/aromatic N) is 2. The molecule has 7 nitrogen and oxygen atoms in total. The number of aromatic nitrogens is 1. The fourth-order valence-electron chi connectivity index (χ4n) is 5.14. The van der Waals surface area contributed by atoms with Gasteiger partial charge in [0, 0.05) is 49.0 Å². The summed E-state index contributed by atoms with van der Waals surface area (Å²) < 4.78 is 19.3. The van der Waals surface area contributed by atoms with Crippen LogP contribution in [0, 0.1) is 5.82 Å². The number of nitrogens with one attached hydrogen (secondary N) is 2. The molecule has 0 radical (unpaired) electrons. The minimum absolute atomic E-state index is 0.0887. The molecule has 1 saturated heterocycles. The first-order valence-electron chi connectivity index (χ1n) is 12.5. The number of carbonyl (C=O) groups excluding carboxylic acids is 2. The Morgan fingerprint density at radius 1 is 1.05 bits per heavy atom. The van der Waals surface area contributed by atoms with Crippen LogP contribution in [-0.4, -0.2) is 61.6 Å². The van der Waals surface area contributed by atoms with Crippen LogP contribution in [0.2, 0.25) is 0 Å². The summed E-state index contributed by atoms with van der Waals surface area (Å²) in [7, 11) is 1.65. The average molecular weight is 513 g/mol. The number of methoxy groups -OCH3 is 1. The Labute approximate surface area is 220 Å². The molecule has 2 N–H and O–H groups in total. The zero-order chi connectivity index (χ0) is 26.5. The maximum absolute atomic E-state index is 14.0. The Morgan fingerprint density at radius 2 is 1.82 bits per heavy atom. The fraction of sp³-hybridized carbons (Fsp3) is 0.233. The van der Waals surface area contributed by atoms with Crippen LogP contribution in [0.1, 0.15) is 22.0 Å². The van der Waals surface area contributed by atoms with Crippen LogP contribution >= 0.6 is 0 Å². The fourth-order valence-corrected chi connectivity index (χ4v) is 5.14. The van der Waals surface area contributed by atoms with Gasteiger partial charge in [-0.2, -0.15) is 0 Å². The first-order valence-corrected chi connectivity index (χ1v) is 12.5. The largest absolute Gasteiger partial charge is 0.383 e. The molecule has 194 valence electrons. The standard InChI is InChI=1S/C30H29FN4O3/c1-38-15-14-35-17-25(21-10-7-11-22(31)16-21)26(18-35)33-30(37)34-29-24-13-6-5-12-23(24)27(19-36)32-28(29)20-8-3-2-4-9-20/h2-13,16,19,25-26H,14-15,17-18H2,1H3,(H2,33,34,37). The van der Waals surface area contributed by atoms with Crippen LogP contribution in [-0.2, 0) is 4.74 Å². The van der Waals surface area contributed by atoms with Gasteiger partial charge in [-0.3, -0.25) is 9.69 Å². The van der Waals surface area contributed by atoms with Crippen molar-refractivity contribution in [3.05, 3.63) is 95.9 Å². The number of carbonyl (C=O) groups is 2. The Balaban J connectivity index is 1.47. The first kappa shape index (κ1) is 25.5. The summed E-state index contributed by atoms with van der Waals surface area (Å²) in [5.74, 6) is -0.393. The molecule has 5 rings (SSSR count). The maximum Gasteiger partial charge on any atom is 0.319 e. The van der Waals surface area contributed by atoms with E-state index in [2.05, 4.69) is 20.5 Å². The summed E-state index contributed by atoms with van der Waals surface area (Å²) in [6, 6.07) is 22.7. The van der Waals surface area contributed by atoms with E-state index in [1.807, 2.05) is 60.7 Å². The van der Waals surface area contributed by atoms with Gasteiger partial charge in [-0.25, -0.2) is 14.2 Å². The monoisotopic (exact) mass is 512 g/mol. The van der Waals surface area contributed by atoms with E-state index < -0.39 is 6.03 Å². The molecule has 8 heteroatoms. The molecule has 3 aromatic carbocycles. The molecular formula is C30H29FN4O3. The molecule has 2 atom stereocenters. The van der Waals surface area contributed by atoms with Gasteiger partial charge in [0.05, 0.1) is 24.0 Å². The molecule has 0 bridgehead atoms. The molecule has 4 aromatic rings. The molecule has 0 aliphatic carbocycles. The maximum atomic E-state index is 14.0. The van der Waals surface area contributed by atoms with Crippen LogP contribution in [0.15, 0.2) is 78.9 Å². The minimum atomic E-state index is -0.395. The van der Waals surface area contributed by atoms with Crippen molar-refractivity contribution in [1.29, 1.82) is 0 Å². The zero-order valence-electron chi connectivity index (χ0n) is 21.1. The van der Waals surface area contributed by atoms with E-state index in [0.29, 0.717) is 54.1 Å². The van der Waals surface area contributed by atoms with Crippen LogP contribution in [0.4, 0.5) is 14.9 Å². The molecule has 0 saturated carbocycles. The van der Waals surface area contributed by atoms with Gasteiger partial charge in [0.2, 0.25) is 0 Å². The third-order valence-corrected chi connectivity index (χ3v) is 6.94. The quantitative estimate of drug-likeness (QED) is 0.322. The molecule has 2 amide bonds. The third-order valence-electron chi connectivity index (χ3n) is 6.94. The normalized spacial score (nSPS) is 17.4. The van der Waals surface area contributed by atoms with Gasteiger partial charge in [0.15, 0.2) is 6.29 Å². The average Bonchev–Trinajstić information content (AvgIpc) is 3.34. The van der Waals surface area contributed by atoms with E-state index in [1.165, 1.54) is 12.1 Å². The molecular weight excluding hydrogens is 483 g/mol. The lowest BCUT2D eigenvalue weighted by atomic mass is 9.94. The van der Waals surface area contributed by atoms with E-state index in [-0.39, 0.29) is 17.8 Å². The van der Waals surface area contributed by atoms with Crippen LogP contribution in [0.25, 0.3) is 22.0 Å². The second kappa shape index (κ2) is 11.5. The van der Waals surface area contributed by atoms with Gasteiger partial charge in [0.1, 0.15) is 11.5 Å². The van der Waals surface area contributed by atoms with Gasteiger partial charge in [-0.1, -0.05) is 66.7 Å². The zero-order valence-corrected chi connectivity index (χ0v) is 21.1. The molecule has 2 unspecified atom stereocenters. The van der Waals surface area contributed by atoms with Crippen molar-refractivity contribution in [1.82, 2.24) is 15.2 Å². The number of benzene rings is 3. The lowest BCUT2D eigenvalue weighted by molar-refractivity contribution is 0.112. The van der Waals surface area contributed by atoms with Gasteiger partial charge in [0.25, 0.3) is 0 Å². The second-order valence-electron chi connectivity index (χ2n) is 9.37. The van der Waals surface area contributed by atoms with Crippen molar-refractivity contribution in [3.63, 3.8) is 0 Å². The number of halogens is 1. The number of aldehydes is 1. The molecule has 1 aliphatic heterocycles. The van der Waals surface area contributed by atoms with Crippen molar-refractivity contribution in [2.24, 2.45) is 0 Å². The molecule has 2 heterocycles. The van der Waals surface area contributed by atoms with Gasteiger partial charge >= 0.3 is 6.03 Å². The lowest BCUT2D eigenvalue weighted by Gasteiger charge is -2.22. The molecule has 1 fully saturated rings. The SMILES string of the molecule is COCCN1CC(NC(=O)Nc2c(-c3ccccc3)nc(C=O)c3ccccc23)C(c2cccc(F)c2)C1. The Kier molecular flexibility index (Phi) is 7.72. The van der Waals surface area contributed by atoms with Gasteiger partial charge in [-0.05, 0) is 17.7 Å². The Hall–Kier alpha value is -4.14. The number of ether oxygens (including phenoxy) is 1. The molecule has 38 heavy (non-hydrogen) atoms. The number of hydrogen-bond donors (Lipinski definition) is 2. The lowest BCUT2D eigenvalue weighted by Crippen LogP contribution is -2.42. The van der Waals surface area contributed by atoms with Crippen LogP contribution in [0.3, 0.4) is 0 Å². The predicted octanol–water partition coefficient (Wildman–Crippen LogP) is 5.09. The van der Waals surface area contributed by atoms with Crippen molar-refractivity contribution in [2.45, 2.75) is 12.0 Å². The number of amides is 2. The molecule has 1 aromatic heterocycles. The Bertz CT molecular complexity index is 1450. The van der Waals surface area contributed by atoms with Crippen molar-refractivity contribution in [2.75, 3.05) is 38.7 Å². The number of pyridine rings is 1. The highest BCUT2D eigenvalue weighted by molar-refractivity contribution is 6.10. The summed E-state index contributed by atoms with van der Waals surface area (Å²) in [6.45, 7) is 2.55. The van der Waals surface area contributed by atoms with Crippen LogP contribution < -0.4 is 10.6 Å². The summed E-state index contributed by atoms with van der Waals surface area (Å²) >= 11 is 0. The number of likely N-dealkylation sites (tertiary alicyclic amines) is 1. The first-order chi connectivity index (χ1) is 18.6. The van der Waals surface area contributed by atoms with Crippen molar-refractivity contribution in [3.8, 4) is 11.3 Å². The van der Waals surface area contributed by atoms with Gasteiger partial charge < -0.3 is 15.4 Å². The van der Waals surface area contributed by atoms with Gasteiger partial charge in [-0.15, -0.1) is 0 Å². The highest BCUT2D eigenvalue weighted by Gasteiger charge is 2.35. The number of fused-ring (bicyclic) bond motifs is 1. The van der Waals surface area contributed by atoms with Crippen LogP contribution in [0.5, 0.6) is 0 Å². The van der Waals surface area contributed by atoms with E-state index in [0.717, 1.165) is 17.4 Å². The number of rotatable bonds is 8. The topological polar surface area (TPSA) is 83.6 Å². The van der Waals surface area contributed by atoms with Crippen molar-refractivity contribution >= 4 is 28.8 Å². The van der Waals surface area contributed by atoms with E-state index in [9.17, 15) is 14.0 Å². The summed E-state index contributed by atoms with van der Waals surface area (Å²) in [6.07, 6.45) is 0.731. The van der Waals surface area contributed by atoms with Crippen molar-refractivity contribution < 1.29 is 18.7 Å². The predicted molar refractivity (Wildman–Crippen MR) is 146 cm³/mol. The third kappa shape index (κ3) is 5.41. The highest BCUT2D eigenvalue weighted by Crippen LogP contribution is 2.35. The smallest absolute Gasteiger partial charge is 0.319 e. The molecule has 1 aliphatic rings.